The Morgan fingerprint density at radius 1 is 1.50 bits per heavy atom. The van der Waals surface area contributed by atoms with Crippen LogP contribution >= 0.6 is 12.2 Å². The molecule has 2 atom stereocenters. The molecule has 1 fully saturated rings. The number of morpholine rings is 1. The fourth-order valence-corrected chi connectivity index (χ4v) is 2.49. The zero-order chi connectivity index (χ0) is 13.1. The normalized spacial score (nSPS) is 25.0. The first-order valence-electron chi connectivity index (χ1n) is 6.17. The Bertz CT molecular complexity index is 428. The van der Waals surface area contributed by atoms with Gasteiger partial charge >= 0.3 is 0 Å². The lowest BCUT2D eigenvalue weighted by atomic mass is 10.1. The SMILES string of the molecule is CC1CN(Cc2ccnc(C(N)=S)c2)CC(C)O1. The molecule has 0 aliphatic carbocycles. The summed E-state index contributed by atoms with van der Waals surface area (Å²) < 4.78 is 5.72. The van der Waals surface area contributed by atoms with Crippen molar-refractivity contribution in [3.8, 4) is 0 Å². The number of aromatic nitrogens is 1. The zero-order valence-corrected chi connectivity index (χ0v) is 11.6. The van der Waals surface area contributed by atoms with Gasteiger partial charge < -0.3 is 10.5 Å². The second-order valence-corrected chi connectivity index (χ2v) is 5.30. The van der Waals surface area contributed by atoms with Gasteiger partial charge in [-0.25, -0.2) is 0 Å². The third kappa shape index (κ3) is 3.48. The lowest BCUT2D eigenvalue weighted by molar-refractivity contribution is -0.0704. The number of nitrogens with two attached hydrogens (primary N) is 1. The Hall–Kier alpha value is -1.04. The Morgan fingerprint density at radius 2 is 2.17 bits per heavy atom. The first kappa shape index (κ1) is 13.4. The van der Waals surface area contributed by atoms with Crippen LogP contribution in [0.1, 0.15) is 25.1 Å². The van der Waals surface area contributed by atoms with E-state index in [1.807, 2.05) is 12.1 Å². The van der Waals surface area contributed by atoms with E-state index in [9.17, 15) is 0 Å². The molecular formula is C13H19N3OS. The highest BCUT2D eigenvalue weighted by molar-refractivity contribution is 7.80. The average molecular weight is 265 g/mol. The molecule has 2 N–H and O–H groups in total. The first-order chi connectivity index (χ1) is 8.54. The van der Waals surface area contributed by atoms with Gasteiger partial charge in [-0.3, -0.25) is 9.88 Å². The van der Waals surface area contributed by atoms with E-state index in [0.717, 1.165) is 19.6 Å². The van der Waals surface area contributed by atoms with Gasteiger partial charge in [0.1, 0.15) is 4.99 Å². The highest BCUT2D eigenvalue weighted by Crippen LogP contribution is 2.14. The van der Waals surface area contributed by atoms with E-state index < -0.39 is 0 Å². The van der Waals surface area contributed by atoms with E-state index in [1.54, 1.807) is 6.20 Å². The minimum atomic E-state index is 0.283. The number of hydrogen-bond acceptors (Lipinski definition) is 4. The van der Waals surface area contributed by atoms with Crippen LogP contribution in [0.5, 0.6) is 0 Å². The van der Waals surface area contributed by atoms with Crippen molar-refractivity contribution in [2.45, 2.75) is 32.6 Å². The minimum Gasteiger partial charge on any atom is -0.388 e. The van der Waals surface area contributed by atoms with Crippen LogP contribution in [0.4, 0.5) is 0 Å². The quantitative estimate of drug-likeness (QED) is 0.836. The fourth-order valence-electron chi connectivity index (χ4n) is 2.38. The molecule has 5 heteroatoms. The second kappa shape index (κ2) is 5.73. The maximum Gasteiger partial charge on any atom is 0.122 e. The van der Waals surface area contributed by atoms with Gasteiger partial charge in [-0.2, -0.15) is 0 Å². The van der Waals surface area contributed by atoms with Crippen LogP contribution in [0, 0.1) is 0 Å². The standard InChI is InChI=1S/C13H19N3OS/c1-9-6-16(7-10(2)17-9)8-11-3-4-15-12(5-11)13(14)18/h3-5,9-10H,6-8H2,1-2H3,(H2,14,18). The number of rotatable bonds is 3. The molecule has 18 heavy (non-hydrogen) atoms. The molecule has 2 unspecified atom stereocenters. The minimum absolute atomic E-state index is 0.283. The summed E-state index contributed by atoms with van der Waals surface area (Å²) in [6.45, 7) is 7.01. The van der Waals surface area contributed by atoms with E-state index in [-0.39, 0.29) is 12.2 Å². The van der Waals surface area contributed by atoms with Gasteiger partial charge in [-0.1, -0.05) is 12.2 Å². The summed E-state index contributed by atoms with van der Waals surface area (Å²) in [4.78, 5) is 6.89. The summed E-state index contributed by atoms with van der Waals surface area (Å²) in [7, 11) is 0. The van der Waals surface area contributed by atoms with Crippen LogP contribution in [0.15, 0.2) is 18.3 Å². The Labute approximate surface area is 113 Å². The monoisotopic (exact) mass is 265 g/mol. The number of hydrogen-bond donors (Lipinski definition) is 1. The lowest BCUT2D eigenvalue weighted by Crippen LogP contribution is -2.44. The van der Waals surface area contributed by atoms with Crippen molar-refractivity contribution in [3.05, 3.63) is 29.6 Å². The summed E-state index contributed by atoms with van der Waals surface area (Å²) in [5, 5.41) is 0. The van der Waals surface area contributed by atoms with Crippen molar-refractivity contribution in [1.82, 2.24) is 9.88 Å². The molecule has 2 rings (SSSR count). The van der Waals surface area contributed by atoms with Gasteiger partial charge in [-0.15, -0.1) is 0 Å². The van der Waals surface area contributed by atoms with Crippen LogP contribution in [-0.2, 0) is 11.3 Å². The van der Waals surface area contributed by atoms with E-state index in [4.69, 9.17) is 22.7 Å². The van der Waals surface area contributed by atoms with E-state index in [0.29, 0.717) is 10.7 Å². The van der Waals surface area contributed by atoms with Gasteiger partial charge in [0, 0.05) is 25.8 Å². The lowest BCUT2D eigenvalue weighted by Gasteiger charge is -2.35. The largest absolute Gasteiger partial charge is 0.388 e. The molecule has 0 spiro atoms. The average Bonchev–Trinajstić information content (AvgIpc) is 2.27. The van der Waals surface area contributed by atoms with Gasteiger partial charge in [0.15, 0.2) is 0 Å². The summed E-state index contributed by atoms with van der Waals surface area (Å²) >= 11 is 4.95. The van der Waals surface area contributed by atoms with E-state index in [2.05, 4.69) is 23.7 Å². The molecule has 1 aliphatic heterocycles. The smallest absolute Gasteiger partial charge is 0.122 e. The van der Waals surface area contributed by atoms with Crippen LogP contribution in [0.2, 0.25) is 0 Å². The molecule has 0 aromatic carbocycles. The highest BCUT2D eigenvalue weighted by atomic mass is 32.1. The van der Waals surface area contributed by atoms with Crippen LogP contribution in [-0.4, -0.2) is 40.2 Å². The third-order valence-electron chi connectivity index (χ3n) is 2.98. The van der Waals surface area contributed by atoms with E-state index >= 15 is 0 Å². The molecular weight excluding hydrogens is 246 g/mol. The highest BCUT2D eigenvalue weighted by Gasteiger charge is 2.22. The number of nitrogens with zero attached hydrogens (tertiary/aromatic N) is 2. The van der Waals surface area contributed by atoms with Gasteiger partial charge in [0.25, 0.3) is 0 Å². The molecule has 1 aromatic rings. The maximum atomic E-state index is 5.72. The summed E-state index contributed by atoms with van der Waals surface area (Å²) in [5.41, 5.74) is 7.48. The summed E-state index contributed by atoms with van der Waals surface area (Å²) in [6.07, 6.45) is 2.33. The maximum absolute atomic E-state index is 5.72. The number of thiocarbonyl (C=S) groups is 1. The van der Waals surface area contributed by atoms with Crippen LogP contribution in [0.25, 0.3) is 0 Å². The predicted octanol–water partition coefficient (Wildman–Crippen LogP) is 1.33. The molecule has 1 aromatic heterocycles. The third-order valence-corrected chi connectivity index (χ3v) is 3.19. The molecule has 0 radical (unpaired) electrons. The summed E-state index contributed by atoms with van der Waals surface area (Å²) in [5.74, 6) is 0. The van der Waals surface area contributed by atoms with Crippen LogP contribution < -0.4 is 5.73 Å². The topological polar surface area (TPSA) is 51.4 Å². The van der Waals surface area contributed by atoms with Crippen molar-refractivity contribution in [1.29, 1.82) is 0 Å². The molecule has 0 bridgehead atoms. The number of ether oxygens (including phenoxy) is 1. The Morgan fingerprint density at radius 3 is 2.78 bits per heavy atom. The second-order valence-electron chi connectivity index (χ2n) is 4.86. The van der Waals surface area contributed by atoms with Gasteiger partial charge in [-0.05, 0) is 31.5 Å². The first-order valence-corrected chi connectivity index (χ1v) is 6.58. The Kier molecular flexibility index (Phi) is 4.27. The zero-order valence-electron chi connectivity index (χ0n) is 10.8. The molecule has 0 amide bonds. The predicted molar refractivity (Wildman–Crippen MR) is 75.4 cm³/mol. The molecule has 1 saturated heterocycles. The van der Waals surface area contributed by atoms with E-state index in [1.165, 1.54) is 5.56 Å². The van der Waals surface area contributed by atoms with Crippen molar-refractivity contribution in [2.24, 2.45) is 5.73 Å². The summed E-state index contributed by atoms with van der Waals surface area (Å²) in [6, 6.07) is 3.97. The van der Waals surface area contributed by atoms with Crippen molar-refractivity contribution >= 4 is 17.2 Å². The van der Waals surface area contributed by atoms with Crippen molar-refractivity contribution in [3.63, 3.8) is 0 Å². The molecule has 98 valence electrons. The number of pyridine rings is 1. The fraction of sp³-hybridized carbons (Fsp3) is 0.538. The molecule has 0 saturated carbocycles. The van der Waals surface area contributed by atoms with Gasteiger partial charge in [0.2, 0.25) is 0 Å². The molecule has 2 heterocycles. The van der Waals surface area contributed by atoms with Crippen molar-refractivity contribution in [2.75, 3.05) is 13.1 Å². The van der Waals surface area contributed by atoms with Crippen molar-refractivity contribution < 1.29 is 4.74 Å². The van der Waals surface area contributed by atoms with Crippen LogP contribution in [0.3, 0.4) is 0 Å². The Balaban J connectivity index is 2.04. The molecule has 1 aliphatic rings. The van der Waals surface area contributed by atoms with Gasteiger partial charge in [0.05, 0.1) is 17.9 Å². The molecule has 4 nitrogen and oxygen atoms in total.